The summed E-state index contributed by atoms with van der Waals surface area (Å²) in [6.45, 7) is 5.28. The van der Waals surface area contributed by atoms with Crippen LogP contribution in [0.15, 0.2) is 24.3 Å². The molecule has 2 rings (SSSR count). The minimum absolute atomic E-state index is 0.0105. The summed E-state index contributed by atoms with van der Waals surface area (Å²) in [4.78, 5) is 26.4. The smallest absolute Gasteiger partial charge is 0.223 e. The molecule has 0 aliphatic carbocycles. The third-order valence-electron chi connectivity index (χ3n) is 4.35. The molecule has 0 aromatic heterocycles. The number of Topliss-reactive ketones (excluding diaryl/α,β-unsaturated/α-hetero) is 1. The lowest BCUT2D eigenvalue weighted by Crippen LogP contribution is -2.30. The van der Waals surface area contributed by atoms with Crippen LogP contribution < -0.4 is 10.1 Å². The molecular formula is C19H28N2O3. The van der Waals surface area contributed by atoms with E-state index in [1.54, 1.807) is 12.1 Å². The van der Waals surface area contributed by atoms with E-state index in [-0.39, 0.29) is 18.1 Å². The number of hydrogen-bond donors (Lipinski definition) is 1. The molecule has 1 saturated heterocycles. The zero-order valence-corrected chi connectivity index (χ0v) is 14.7. The molecule has 0 saturated carbocycles. The van der Waals surface area contributed by atoms with Crippen molar-refractivity contribution in [2.45, 2.75) is 32.6 Å². The summed E-state index contributed by atoms with van der Waals surface area (Å²) >= 11 is 0. The monoisotopic (exact) mass is 332 g/mol. The van der Waals surface area contributed by atoms with E-state index in [1.807, 2.05) is 24.1 Å². The molecule has 24 heavy (non-hydrogen) atoms. The van der Waals surface area contributed by atoms with Gasteiger partial charge in [0.15, 0.2) is 5.78 Å². The molecule has 1 aliphatic rings. The van der Waals surface area contributed by atoms with E-state index < -0.39 is 0 Å². The first kappa shape index (κ1) is 18.5. The average molecular weight is 332 g/mol. The summed E-state index contributed by atoms with van der Waals surface area (Å²) in [5.41, 5.74) is 0.640. The summed E-state index contributed by atoms with van der Waals surface area (Å²) in [5, 5.41) is 3.16. The number of nitrogens with one attached hydrogen (secondary N) is 1. The van der Waals surface area contributed by atoms with Crippen molar-refractivity contribution >= 4 is 11.7 Å². The maximum Gasteiger partial charge on any atom is 0.223 e. The van der Waals surface area contributed by atoms with Crippen molar-refractivity contribution in [3.63, 3.8) is 0 Å². The number of amides is 1. The molecule has 1 aromatic rings. The van der Waals surface area contributed by atoms with Gasteiger partial charge in [0.2, 0.25) is 5.91 Å². The van der Waals surface area contributed by atoms with Gasteiger partial charge in [-0.3, -0.25) is 9.59 Å². The highest BCUT2D eigenvalue weighted by Crippen LogP contribution is 2.18. The number of benzene rings is 1. The van der Waals surface area contributed by atoms with Crippen LogP contribution in [0.4, 0.5) is 0 Å². The highest BCUT2D eigenvalue weighted by molar-refractivity contribution is 5.98. The van der Waals surface area contributed by atoms with Gasteiger partial charge < -0.3 is 15.0 Å². The van der Waals surface area contributed by atoms with Gasteiger partial charge in [0.1, 0.15) is 5.75 Å². The molecule has 1 aromatic carbocycles. The lowest BCUT2D eigenvalue weighted by molar-refractivity contribution is -0.130. The van der Waals surface area contributed by atoms with Crippen LogP contribution in [0.2, 0.25) is 0 Å². The van der Waals surface area contributed by atoms with Crippen LogP contribution in [0.1, 0.15) is 43.0 Å². The van der Waals surface area contributed by atoms with E-state index in [2.05, 4.69) is 12.2 Å². The summed E-state index contributed by atoms with van der Waals surface area (Å²) in [5.74, 6) is 1.41. The summed E-state index contributed by atoms with van der Waals surface area (Å²) in [6, 6.07) is 7.17. The Morgan fingerprint density at radius 3 is 2.67 bits per heavy atom. The predicted molar refractivity (Wildman–Crippen MR) is 94.4 cm³/mol. The number of carbonyl (C=O) groups is 2. The molecule has 5 nitrogen and oxygen atoms in total. The van der Waals surface area contributed by atoms with Crippen LogP contribution in [-0.2, 0) is 4.79 Å². The van der Waals surface area contributed by atoms with E-state index in [1.165, 1.54) is 0 Å². The largest absolute Gasteiger partial charge is 0.494 e. The van der Waals surface area contributed by atoms with Crippen LogP contribution in [0, 0.1) is 5.92 Å². The Morgan fingerprint density at radius 1 is 1.25 bits per heavy atom. The lowest BCUT2D eigenvalue weighted by Gasteiger charge is -2.16. The topological polar surface area (TPSA) is 58.6 Å². The number of rotatable bonds is 9. The SMILES string of the molecule is CCCOc1ccc(C(=O)CCC(=O)N2CCC(CNC)C2)cc1. The Morgan fingerprint density at radius 2 is 2.00 bits per heavy atom. The number of nitrogens with zero attached hydrogens (tertiary/aromatic N) is 1. The zero-order valence-electron chi connectivity index (χ0n) is 14.7. The molecule has 1 N–H and O–H groups in total. The van der Waals surface area contributed by atoms with Crippen LogP contribution in [0.3, 0.4) is 0 Å². The Bertz CT molecular complexity index is 542. The Kier molecular flexibility index (Phi) is 7.25. The third kappa shape index (κ3) is 5.34. The molecule has 1 amide bonds. The van der Waals surface area contributed by atoms with Crippen molar-refractivity contribution in [1.29, 1.82) is 0 Å². The first-order valence-electron chi connectivity index (χ1n) is 8.82. The maximum absolute atomic E-state index is 12.2. The molecule has 1 unspecified atom stereocenters. The van der Waals surface area contributed by atoms with Gasteiger partial charge in [-0.1, -0.05) is 6.92 Å². The van der Waals surface area contributed by atoms with Crippen LogP contribution in [-0.4, -0.2) is 49.9 Å². The van der Waals surface area contributed by atoms with Crippen LogP contribution in [0.5, 0.6) is 5.75 Å². The van der Waals surface area contributed by atoms with E-state index in [0.29, 0.717) is 24.5 Å². The predicted octanol–water partition coefficient (Wildman–Crippen LogP) is 2.51. The van der Waals surface area contributed by atoms with Crippen molar-refractivity contribution in [2.75, 3.05) is 33.3 Å². The van der Waals surface area contributed by atoms with Crippen molar-refractivity contribution < 1.29 is 14.3 Å². The molecule has 1 fully saturated rings. The molecule has 132 valence electrons. The Hall–Kier alpha value is -1.88. The number of likely N-dealkylation sites (tertiary alicyclic amines) is 1. The van der Waals surface area contributed by atoms with E-state index in [4.69, 9.17) is 4.74 Å². The highest BCUT2D eigenvalue weighted by atomic mass is 16.5. The molecule has 0 spiro atoms. The molecule has 0 radical (unpaired) electrons. The fourth-order valence-corrected chi connectivity index (χ4v) is 2.99. The third-order valence-corrected chi connectivity index (χ3v) is 4.35. The average Bonchev–Trinajstić information content (AvgIpc) is 3.07. The molecular weight excluding hydrogens is 304 g/mol. The van der Waals surface area contributed by atoms with Gasteiger partial charge in [-0.05, 0) is 56.6 Å². The van der Waals surface area contributed by atoms with Crippen LogP contribution in [0.25, 0.3) is 0 Å². The number of ketones is 1. The quantitative estimate of drug-likeness (QED) is 0.706. The van der Waals surface area contributed by atoms with Crippen molar-refractivity contribution in [3.05, 3.63) is 29.8 Å². The number of ether oxygens (including phenoxy) is 1. The second-order valence-electron chi connectivity index (χ2n) is 6.35. The normalized spacial score (nSPS) is 17.1. The van der Waals surface area contributed by atoms with E-state index in [9.17, 15) is 9.59 Å². The van der Waals surface area contributed by atoms with Crippen molar-refractivity contribution in [1.82, 2.24) is 10.2 Å². The van der Waals surface area contributed by atoms with Gasteiger partial charge in [0.25, 0.3) is 0 Å². The Balaban J connectivity index is 1.77. The number of carbonyl (C=O) groups excluding carboxylic acids is 2. The van der Waals surface area contributed by atoms with Crippen molar-refractivity contribution in [3.8, 4) is 5.75 Å². The van der Waals surface area contributed by atoms with Gasteiger partial charge in [-0.15, -0.1) is 0 Å². The fourth-order valence-electron chi connectivity index (χ4n) is 2.99. The molecule has 1 heterocycles. The van der Waals surface area contributed by atoms with Gasteiger partial charge >= 0.3 is 0 Å². The maximum atomic E-state index is 12.2. The summed E-state index contributed by atoms with van der Waals surface area (Å²) in [7, 11) is 1.93. The summed E-state index contributed by atoms with van der Waals surface area (Å²) in [6.07, 6.45) is 2.55. The molecule has 5 heteroatoms. The fraction of sp³-hybridized carbons (Fsp3) is 0.579. The van der Waals surface area contributed by atoms with Gasteiger partial charge in [-0.25, -0.2) is 0 Å². The number of hydrogen-bond acceptors (Lipinski definition) is 4. The molecule has 1 aliphatic heterocycles. The standard InChI is InChI=1S/C19H28N2O3/c1-3-12-24-17-6-4-16(5-7-17)18(22)8-9-19(23)21-11-10-15(14-21)13-20-2/h4-7,15,20H,3,8-14H2,1-2H3. The Labute approximate surface area is 144 Å². The minimum atomic E-state index is 0.0105. The van der Waals surface area contributed by atoms with Gasteiger partial charge in [-0.2, -0.15) is 0 Å². The first-order valence-corrected chi connectivity index (χ1v) is 8.82. The molecule has 1 atom stereocenters. The summed E-state index contributed by atoms with van der Waals surface area (Å²) < 4.78 is 5.51. The second kappa shape index (κ2) is 9.42. The van der Waals surface area contributed by atoms with Gasteiger partial charge in [0.05, 0.1) is 6.61 Å². The van der Waals surface area contributed by atoms with E-state index >= 15 is 0 Å². The minimum Gasteiger partial charge on any atom is -0.494 e. The van der Waals surface area contributed by atoms with E-state index in [0.717, 1.165) is 38.2 Å². The first-order chi connectivity index (χ1) is 11.6. The second-order valence-corrected chi connectivity index (χ2v) is 6.35. The lowest BCUT2D eigenvalue weighted by atomic mass is 10.1. The van der Waals surface area contributed by atoms with Crippen LogP contribution >= 0.6 is 0 Å². The van der Waals surface area contributed by atoms with Crippen molar-refractivity contribution in [2.24, 2.45) is 5.92 Å². The zero-order chi connectivity index (χ0) is 17.4. The highest BCUT2D eigenvalue weighted by Gasteiger charge is 2.25. The van der Waals surface area contributed by atoms with Gasteiger partial charge in [0, 0.05) is 31.5 Å². The molecule has 0 bridgehead atoms.